The number of nitrogens with one attached hydrogen (secondary N) is 1. The van der Waals surface area contributed by atoms with Gasteiger partial charge in [0.25, 0.3) is 10.0 Å². The van der Waals surface area contributed by atoms with Crippen LogP contribution < -0.4 is 14.4 Å². The van der Waals surface area contributed by atoms with E-state index >= 15 is 0 Å². The summed E-state index contributed by atoms with van der Waals surface area (Å²) in [6.07, 6.45) is 0.770. The van der Waals surface area contributed by atoms with Gasteiger partial charge in [-0.25, -0.2) is 12.8 Å². The molecule has 4 aromatic rings. The van der Waals surface area contributed by atoms with Gasteiger partial charge in [-0.15, -0.1) is 0 Å². The quantitative estimate of drug-likeness (QED) is 0.140. The molecule has 48 heavy (non-hydrogen) atoms. The van der Waals surface area contributed by atoms with E-state index in [2.05, 4.69) is 5.32 Å². The van der Waals surface area contributed by atoms with E-state index in [1.807, 2.05) is 51.1 Å². The molecule has 0 aliphatic carbocycles. The summed E-state index contributed by atoms with van der Waals surface area (Å²) in [4.78, 5) is 29.7. The van der Waals surface area contributed by atoms with Crippen LogP contribution >= 0.6 is 23.2 Å². The highest BCUT2D eigenvalue weighted by Crippen LogP contribution is 2.29. The number of rotatable bonds is 15. The lowest BCUT2D eigenvalue weighted by atomic mass is 10.0. The third kappa shape index (κ3) is 9.27. The standard InChI is InChI=1S/C36H38Cl2FN3O5S/c1-4-25(3)40-36(44)34(22-26-10-7-6-8-11-26)41(23-31-32(37)12-9-13-33(31)38)35(43)24-42(28-16-14-27(39)15-17-28)48(45,46)30-20-18-29(19-21-30)47-5-2/h6-21,25,34H,4-5,22-24H2,1-3H3,(H,40,44)/t25-,34-/m0/s1. The molecule has 0 bridgehead atoms. The van der Waals surface area contributed by atoms with Crippen LogP contribution in [0.4, 0.5) is 10.1 Å². The number of hydrogen-bond acceptors (Lipinski definition) is 5. The molecule has 254 valence electrons. The lowest BCUT2D eigenvalue weighted by molar-refractivity contribution is -0.140. The third-order valence-corrected chi connectivity index (χ3v) is 10.3. The molecule has 2 atom stereocenters. The highest BCUT2D eigenvalue weighted by molar-refractivity contribution is 7.92. The number of hydrogen-bond donors (Lipinski definition) is 1. The second-order valence-electron chi connectivity index (χ2n) is 11.1. The fourth-order valence-electron chi connectivity index (χ4n) is 4.99. The molecule has 8 nitrogen and oxygen atoms in total. The Labute approximate surface area is 291 Å². The highest BCUT2D eigenvalue weighted by atomic mass is 35.5. The van der Waals surface area contributed by atoms with Crippen molar-refractivity contribution >= 4 is 50.7 Å². The summed E-state index contributed by atoms with van der Waals surface area (Å²) in [5.74, 6) is -1.24. The second-order valence-corrected chi connectivity index (χ2v) is 13.8. The Morgan fingerprint density at radius 3 is 2.08 bits per heavy atom. The molecule has 0 aliphatic heterocycles. The van der Waals surface area contributed by atoms with E-state index in [1.165, 1.54) is 41.3 Å². The van der Waals surface area contributed by atoms with E-state index in [4.69, 9.17) is 27.9 Å². The van der Waals surface area contributed by atoms with Crippen LogP contribution in [0, 0.1) is 5.82 Å². The first-order chi connectivity index (χ1) is 22.9. The number of ether oxygens (including phenoxy) is 1. The molecule has 0 unspecified atom stereocenters. The Morgan fingerprint density at radius 1 is 0.875 bits per heavy atom. The van der Waals surface area contributed by atoms with E-state index in [9.17, 15) is 22.4 Å². The smallest absolute Gasteiger partial charge is 0.264 e. The van der Waals surface area contributed by atoms with Gasteiger partial charge in [-0.3, -0.25) is 13.9 Å². The van der Waals surface area contributed by atoms with Crippen LogP contribution in [0.15, 0.2) is 102 Å². The van der Waals surface area contributed by atoms with Crippen LogP contribution in [0.25, 0.3) is 0 Å². The predicted octanol–water partition coefficient (Wildman–Crippen LogP) is 7.28. The first kappa shape index (κ1) is 36.7. The van der Waals surface area contributed by atoms with Gasteiger partial charge in [-0.2, -0.15) is 0 Å². The van der Waals surface area contributed by atoms with Crippen molar-refractivity contribution in [2.75, 3.05) is 17.5 Å². The average molecular weight is 715 g/mol. The minimum atomic E-state index is -4.39. The maximum Gasteiger partial charge on any atom is 0.264 e. The van der Waals surface area contributed by atoms with Crippen LogP contribution in [0.3, 0.4) is 0 Å². The van der Waals surface area contributed by atoms with E-state index < -0.39 is 40.2 Å². The molecule has 4 rings (SSSR count). The molecular weight excluding hydrogens is 676 g/mol. The number of sulfonamides is 1. The Balaban J connectivity index is 1.83. The Hall–Kier alpha value is -4.12. The highest BCUT2D eigenvalue weighted by Gasteiger charge is 2.35. The lowest BCUT2D eigenvalue weighted by Gasteiger charge is -2.34. The van der Waals surface area contributed by atoms with Gasteiger partial charge in [0.2, 0.25) is 11.8 Å². The second kappa shape index (κ2) is 16.8. The summed E-state index contributed by atoms with van der Waals surface area (Å²) in [5.41, 5.74) is 1.23. The molecule has 4 aromatic carbocycles. The number of carbonyl (C=O) groups is 2. The number of benzene rings is 4. The predicted molar refractivity (Wildman–Crippen MR) is 187 cm³/mol. The summed E-state index contributed by atoms with van der Waals surface area (Å²) in [6, 6.07) is 23.4. The van der Waals surface area contributed by atoms with E-state index in [0.29, 0.717) is 24.3 Å². The van der Waals surface area contributed by atoms with E-state index in [1.54, 1.807) is 18.2 Å². The Kier molecular flexibility index (Phi) is 12.9. The molecule has 1 N–H and O–H groups in total. The van der Waals surface area contributed by atoms with Crippen molar-refractivity contribution in [2.45, 2.75) is 57.1 Å². The number of halogens is 3. The summed E-state index contributed by atoms with van der Waals surface area (Å²) in [5, 5.41) is 3.53. The van der Waals surface area contributed by atoms with Crippen LogP contribution in [0.1, 0.15) is 38.3 Å². The lowest BCUT2D eigenvalue weighted by Crippen LogP contribution is -2.54. The average Bonchev–Trinajstić information content (AvgIpc) is 3.07. The van der Waals surface area contributed by atoms with Crippen molar-refractivity contribution in [3.63, 3.8) is 0 Å². The molecule has 0 radical (unpaired) electrons. The van der Waals surface area contributed by atoms with Crippen LogP contribution in [-0.4, -0.2) is 50.4 Å². The van der Waals surface area contributed by atoms with Gasteiger partial charge in [-0.05, 0) is 86.5 Å². The number of anilines is 1. The van der Waals surface area contributed by atoms with Gasteiger partial charge in [0.05, 0.1) is 17.2 Å². The van der Waals surface area contributed by atoms with Crippen molar-refractivity contribution in [2.24, 2.45) is 0 Å². The van der Waals surface area contributed by atoms with Crippen molar-refractivity contribution in [1.29, 1.82) is 0 Å². The number of amides is 2. The van der Waals surface area contributed by atoms with Crippen molar-refractivity contribution in [1.82, 2.24) is 10.2 Å². The SMILES string of the molecule is CCOc1ccc(S(=O)(=O)N(CC(=O)N(Cc2c(Cl)cccc2Cl)[C@@H](Cc2ccccc2)C(=O)N[C@@H](C)CC)c2ccc(F)cc2)cc1. The van der Waals surface area contributed by atoms with E-state index in [0.717, 1.165) is 22.0 Å². The zero-order chi connectivity index (χ0) is 34.8. The first-order valence-corrected chi connectivity index (χ1v) is 17.7. The fraction of sp³-hybridized carbons (Fsp3) is 0.278. The molecule has 0 heterocycles. The minimum Gasteiger partial charge on any atom is -0.494 e. The summed E-state index contributed by atoms with van der Waals surface area (Å²) < 4.78 is 48.8. The largest absolute Gasteiger partial charge is 0.494 e. The molecule has 0 spiro atoms. The van der Waals surface area contributed by atoms with Crippen LogP contribution in [0.5, 0.6) is 5.75 Å². The topological polar surface area (TPSA) is 96.0 Å². The summed E-state index contributed by atoms with van der Waals surface area (Å²) in [6.45, 7) is 5.07. The maximum absolute atomic E-state index is 14.6. The zero-order valence-electron chi connectivity index (χ0n) is 26.9. The van der Waals surface area contributed by atoms with Crippen LogP contribution in [0.2, 0.25) is 10.0 Å². The molecule has 12 heteroatoms. The molecule has 0 fully saturated rings. The Bertz CT molecular complexity index is 1770. The summed E-state index contributed by atoms with van der Waals surface area (Å²) in [7, 11) is -4.39. The third-order valence-electron chi connectivity index (χ3n) is 7.78. The van der Waals surface area contributed by atoms with Crippen LogP contribution in [-0.2, 0) is 32.6 Å². The van der Waals surface area contributed by atoms with Gasteiger partial charge in [0.15, 0.2) is 0 Å². The molecule has 0 aromatic heterocycles. The molecule has 0 saturated heterocycles. The first-order valence-electron chi connectivity index (χ1n) is 15.5. The normalized spacial score (nSPS) is 12.5. The van der Waals surface area contributed by atoms with Gasteiger partial charge >= 0.3 is 0 Å². The minimum absolute atomic E-state index is 0.0537. The zero-order valence-corrected chi connectivity index (χ0v) is 29.2. The fourth-order valence-corrected chi connectivity index (χ4v) is 6.92. The van der Waals surface area contributed by atoms with Gasteiger partial charge in [0, 0.05) is 34.6 Å². The molecule has 2 amide bonds. The summed E-state index contributed by atoms with van der Waals surface area (Å²) >= 11 is 13.1. The molecule has 0 aliphatic rings. The maximum atomic E-state index is 14.6. The van der Waals surface area contributed by atoms with Gasteiger partial charge in [-0.1, -0.05) is 66.5 Å². The molecule has 0 saturated carbocycles. The Morgan fingerprint density at radius 2 is 1.50 bits per heavy atom. The van der Waals surface area contributed by atoms with Crippen molar-refractivity contribution < 1.29 is 27.1 Å². The van der Waals surface area contributed by atoms with Crippen molar-refractivity contribution in [3.8, 4) is 5.75 Å². The number of nitrogens with zero attached hydrogens (tertiary/aromatic N) is 2. The van der Waals surface area contributed by atoms with Gasteiger partial charge in [0.1, 0.15) is 24.2 Å². The number of carbonyl (C=O) groups excluding carboxylic acids is 2. The van der Waals surface area contributed by atoms with Crippen molar-refractivity contribution in [3.05, 3.63) is 124 Å². The van der Waals surface area contributed by atoms with Gasteiger partial charge < -0.3 is 15.0 Å². The van der Waals surface area contributed by atoms with E-state index in [-0.39, 0.29) is 39.6 Å². The molecular formula is C36H38Cl2FN3O5S. The monoisotopic (exact) mass is 713 g/mol.